The van der Waals surface area contributed by atoms with Gasteiger partial charge in [-0.2, -0.15) is 0 Å². The second kappa shape index (κ2) is 10.1. The average Bonchev–Trinajstić information content (AvgIpc) is 3.58. The van der Waals surface area contributed by atoms with E-state index in [9.17, 15) is 19.5 Å². The normalized spacial score (nSPS) is 16.3. The van der Waals surface area contributed by atoms with Crippen molar-refractivity contribution in [2.24, 2.45) is 5.92 Å². The Hall–Kier alpha value is -3.35. The minimum atomic E-state index is -1.01. The maximum atomic E-state index is 12.6. The SMILES string of the molecule is CCC[C@H](CC(=O)NC(C(=O)O)C1CC1)NC(=O)OCC1c2ccccc2-c2ccccc21. The van der Waals surface area contributed by atoms with E-state index in [4.69, 9.17) is 4.74 Å². The van der Waals surface area contributed by atoms with Crippen LogP contribution in [0.25, 0.3) is 11.1 Å². The van der Waals surface area contributed by atoms with E-state index in [-0.39, 0.29) is 30.8 Å². The van der Waals surface area contributed by atoms with Gasteiger partial charge in [0.15, 0.2) is 0 Å². The summed E-state index contributed by atoms with van der Waals surface area (Å²) in [7, 11) is 0. The number of carboxylic acids is 1. The van der Waals surface area contributed by atoms with Gasteiger partial charge in [0.25, 0.3) is 0 Å². The molecule has 2 amide bonds. The largest absolute Gasteiger partial charge is 0.480 e. The van der Waals surface area contributed by atoms with E-state index in [1.807, 2.05) is 31.2 Å². The van der Waals surface area contributed by atoms with Crippen LogP contribution in [-0.4, -0.2) is 41.8 Å². The lowest BCUT2D eigenvalue weighted by Crippen LogP contribution is -2.45. The second-order valence-corrected chi connectivity index (χ2v) is 8.88. The lowest BCUT2D eigenvalue weighted by Gasteiger charge is -2.20. The monoisotopic (exact) mass is 450 g/mol. The Bertz CT molecular complexity index is 987. The molecule has 0 heterocycles. The number of carboxylic acid groups (broad SMARTS) is 1. The summed E-state index contributed by atoms with van der Waals surface area (Å²) in [4.78, 5) is 36.4. The van der Waals surface area contributed by atoms with Gasteiger partial charge >= 0.3 is 12.1 Å². The predicted octanol–water partition coefficient (Wildman–Crippen LogP) is 4.06. The zero-order valence-electron chi connectivity index (χ0n) is 18.8. The molecule has 0 aliphatic heterocycles. The standard InChI is InChI=1S/C26H30N2O5/c1-2-7-17(14-23(29)28-24(25(30)31)16-12-13-16)27-26(32)33-15-22-20-10-5-3-8-18(20)19-9-4-6-11-21(19)22/h3-6,8-11,16-17,22,24H,2,7,12-15H2,1H3,(H,27,32)(H,28,29)(H,30,31)/t17-,24?/m1/s1. The van der Waals surface area contributed by atoms with E-state index >= 15 is 0 Å². The zero-order valence-corrected chi connectivity index (χ0v) is 18.8. The molecule has 2 aromatic carbocycles. The number of benzene rings is 2. The number of aliphatic carboxylic acids is 1. The number of alkyl carbamates (subject to hydrolysis) is 1. The first-order chi connectivity index (χ1) is 16.0. The van der Waals surface area contributed by atoms with Crippen molar-refractivity contribution in [2.75, 3.05) is 6.61 Å². The molecule has 2 aromatic rings. The Morgan fingerprint density at radius 2 is 1.61 bits per heavy atom. The number of nitrogens with one attached hydrogen (secondary N) is 2. The fourth-order valence-electron chi connectivity index (χ4n) is 4.65. The fraction of sp³-hybridized carbons (Fsp3) is 0.423. The van der Waals surface area contributed by atoms with Crippen molar-refractivity contribution in [1.29, 1.82) is 0 Å². The van der Waals surface area contributed by atoms with E-state index in [1.165, 1.54) is 0 Å². The van der Waals surface area contributed by atoms with Crippen LogP contribution in [0, 0.1) is 5.92 Å². The molecule has 2 aliphatic rings. The summed E-state index contributed by atoms with van der Waals surface area (Å²) >= 11 is 0. The van der Waals surface area contributed by atoms with Crippen LogP contribution in [0.1, 0.15) is 56.1 Å². The van der Waals surface area contributed by atoms with Gasteiger partial charge < -0.3 is 20.5 Å². The molecule has 33 heavy (non-hydrogen) atoms. The van der Waals surface area contributed by atoms with E-state index in [0.29, 0.717) is 6.42 Å². The van der Waals surface area contributed by atoms with Crippen LogP contribution in [0.3, 0.4) is 0 Å². The Balaban J connectivity index is 1.34. The maximum absolute atomic E-state index is 12.6. The van der Waals surface area contributed by atoms with Gasteiger partial charge in [0.1, 0.15) is 12.6 Å². The molecule has 3 N–H and O–H groups in total. The lowest BCUT2D eigenvalue weighted by molar-refractivity contribution is -0.142. The topological polar surface area (TPSA) is 105 Å². The Morgan fingerprint density at radius 1 is 1.00 bits per heavy atom. The number of hydrogen-bond donors (Lipinski definition) is 3. The van der Waals surface area contributed by atoms with Crippen molar-refractivity contribution in [3.63, 3.8) is 0 Å². The van der Waals surface area contributed by atoms with Crippen LogP contribution in [0.2, 0.25) is 0 Å². The summed E-state index contributed by atoms with van der Waals surface area (Å²) in [6.45, 7) is 2.17. The zero-order chi connectivity index (χ0) is 23.4. The molecule has 7 heteroatoms. The van der Waals surface area contributed by atoms with Crippen molar-refractivity contribution >= 4 is 18.0 Å². The first-order valence-electron chi connectivity index (χ1n) is 11.6. The van der Waals surface area contributed by atoms with Crippen molar-refractivity contribution in [3.05, 3.63) is 59.7 Å². The number of fused-ring (bicyclic) bond motifs is 3. The molecule has 1 unspecified atom stereocenters. The molecule has 0 radical (unpaired) electrons. The number of hydrogen-bond acceptors (Lipinski definition) is 4. The highest BCUT2D eigenvalue weighted by atomic mass is 16.5. The highest BCUT2D eigenvalue weighted by Crippen LogP contribution is 2.44. The van der Waals surface area contributed by atoms with Gasteiger partial charge in [0.2, 0.25) is 5.91 Å². The van der Waals surface area contributed by atoms with Crippen LogP contribution < -0.4 is 10.6 Å². The van der Waals surface area contributed by atoms with Crippen LogP contribution in [0.15, 0.2) is 48.5 Å². The summed E-state index contributed by atoms with van der Waals surface area (Å²) in [5.41, 5.74) is 4.59. The molecule has 1 saturated carbocycles. The summed E-state index contributed by atoms with van der Waals surface area (Å²) in [5.74, 6) is -1.41. The minimum absolute atomic E-state index is 0.00571. The molecule has 0 aromatic heterocycles. The second-order valence-electron chi connectivity index (χ2n) is 8.88. The van der Waals surface area contributed by atoms with E-state index in [2.05, 4.69) is 34.9 Å². The van der Waals surface area contributed by atoms with E-state index in [1.54, 1.807) is 0 Å². The number of carbonyl (C=O) groups excluding carboxylic acids is 2. The smallest absolute Gasteiger partial charge is 0.407 e. The lowest BCUT2D eigenvalue weighted by atomic mass is 9.98. The van der Waals surface area contributed by atoms with E-state index in [0.717, 1.165) is 41.5 Å². The Morgan fingerprint density at radius 3 is 2.15 bits per heavy atom. The van der Waals surface area contributed by atoms with Crippen molar-refractivity contribution in [2.45, 2.75) is 57.0 Å². The van der Waals surface area contributed by atoms with Crippen molar-refractivity contribution in [1.82, 2.24) is 10.6 Å². The predicted molar refractivity (Wildman–Crippen MR) is 124 cm³/mol. The maximum Gasteiger partial charge on any atom is 0.407 e. The van der Waals surface area contributed by atoms with Crippen molar-refractivity contribution < 1.29 is 24.2 Å². The minimum Gasteiger partial charge on any atom is -0.480 e. The summed E-state index contributed by atoms with van der Waals surface area (Å²) in [5, 5.41) is 14.7. The highest BCUT2D eigenvalue weighted by Gasteiger charge is 2.37. The fourth-order valence-corrected chi connectivity index (χ4v) is 4.65. The van der Waals surface area contributed by atoms with Crippen molar-refractivity contribution in [3.8, 4) is 11.1 Å². The molecule has 7 nitrogen and oxygen atoms in total. The van der Waals surface area contributed by atoms with E-state index < -0.39 is 24.1 Å². The molecule has 0 bridgehead atoms. The summed E-state index contributed by atoms with van der Waals surface area (Å²) < 4.78 is 5.59. The molecule has 4 rings (SSSR count). The average molecular weight is 451 g/mol. The van der Waals surface area contributed by atoms with Crippen LogP contribution in [0.5, 0.6) is 0 Å². The van der Waals surface area contributed by atoms with Crippen LogP contribution >= 0.6 is 0 Å². The third-order valence-corrected chi connectivity index (χ3v) is 6.41. The van der Waals surface area contributed by atoms with Crippen LogP contribution in [-0.2, 0) is 14.3 Å². The van der Waals surface area contributed by atoms with Gasteiger partial charge in [-0.15, -0.1) is 0 Å². The van der Waals surface area contributed by atoms with Gasteiger partial charge in [-0.05, 0) is 47.4 Å². The van der Waals surface area contributed by atoms with Gasteiger partial charge in [-0.1, -0.05) is 61.9 Å². The molecule has 0 saturated heterocycles. The third kappa shape index (κ3) is 5.35. The molecule has 174 valence electrons. The number of amides is 2. The number of ether oxygens (including phenoxy) is 1. The Kier molecular flexibility index (Phi) is 6.96. The first-order valence-corrected chi connectivity index (χ1v) is 11.6. The molecule has 2 atom stereocenters. The Labute approximate surface area is 193 Å². The molecule has 2 aliphatic carbocycles. The first kappa shape index (κ1) is 22.8. The molecule has 0 spiro atoms. The summed E-state index contributed by atoms with van der Waals surface area (Å²) in [6.07, 6.45) is 2.45. The van der Waals surface area contributed by atoms with Gasteiger partial charge in [-0.25, -0.2) is 9.59 Å². The van der Waals surface area contributed by atoms with Gasteiger partial charge in [0.05, 0.1) is 0 Å². The molecule has 1 fully saturated rings. The number of rotatable bonds is 10. The van der Waals surface area contributed by atoms with Crippen LogP contribution in [0.4, 0.5) is 4.79 Å². The molecular formula is C26H30N2O5. The highest BCUT2D eigenvalue weighted by molar-refractivity contribution is 5.84. The number of carbonyl (C=O) groups is 3. The third-order valence-electron chi connectivity index (χ3n) is 6.41. The molecular weight excluding hydrogens is 420 g/mol. The van der Waals surface area contributed by atoms with Gasteiger partial charge in [0, 0.05) is 18.4 Å². The van der Waals surface area contributed by atoms with Gasteiger partial charge in [-0.3, -0.25) is 4.79 Å². The quantitative estimate of drug-likeness (QED) is 0.506. The summed E-state index contributed by atoms with van der Waals surface area (Å²) in [6, 6.07) is 15.0.